The fourth-order valence-electron chi connectivity index (χ4n) is 3.49. The largest absolute Gasteiger partial charge is 0.465 e. The van der Waals surface area contributed by atoms with Crippen LogP contribution in [0.25, 0.3) is 33.5 Å². The highest BCUT2D eigenvalue weighted by molar-refractivity contribution is 7.89. The SMILES string of the molecule is COC(=O)c1cc2cc(C)ccc2nc1-c1nc2c(OC(F)F)c(S(=O)(=O)N(C)C)ccc2[nH]1. The molecule has 0 amide bonds. The number of nitrogens with zero attached hydrogens (tertiary/aromatic N) is 3. The highest BCUT2D eigenvalue weighted by Crippen LogP contribution is 2.36. The number of nitrogens with one attached hydrogen (secondary N) is 1. The maximum absolute atomic E-state index is 13.2. The maximum Gasteiger partial charge on any atom is 0.387 e. The van der Waals surface area contributed by atoms with Crippen LogP contribution in [-0.2, 0) is 14.8 Å². The van der Waals surface area contributed by atoms with Crippen LogP contribution in [0.1, 0.15) is 15.9 Å². The number of imidazole rings is 1. The number of H-pyrrole nitrogens is 1. The lowest BCUT2D eigenvalue weighted by atomic mass is 10.1. The van der Waals surface area contributed by atoms with Crippen molar-refractivity contribution in [1.29, 1.82) is 0 Å². The molecule has 34 heavy (non-hydrogen) atoms. The molecule has 4 aromatic rings. The maximum atomic E-state index is 13.2. The number of aryl methyl sites for hydroxylation is 1. The zero-order valence-electron chi connectivity index (χ0n) is 18.6. The van der Waals surface area contributed by atoms with Gasteiger partial charge in [0.2, 0.25) is 10.0 Å². The molecule has 0 spiro atoms. The van der Waals surface area contributed by atoms with Crippen LogP contribution in [0.3, 0.4) is 0 Å². The predicted octanol–water partition coefficient (Wildman–Crippen LogP) is 3.72. The summed E-state index contributed by atoms with van der Waals surface area (Å²) in [5.41, 5.74) is 1.79. The molecule has 0 unspecified atom stereocenters. The number of benzene rings is 2. The van der Waals surface area contributed by atoms with Crippen molar-refractivity contribution in [3.8, 4) is 17.3 Å². The van der Waals surface area contributed by atoms with Crippen LogP contribution in [-0.4, -0.2) is 61.5 Å². The van der Waals surface area contributed by atoms with Crippen molar-refractivity contribution in [1.82, 2.24) is 19.3 Å². The molecule has 9 nitrogen and oxygen atoms in total. The Morgan fingerprint density at radius 1 is 1.12 bits per heavy atom. The van der Waals surface area contributed by atoms with Gasteiger partial charge in [0, 0.05) is 19.5 Å². The Bertz CT molecular complexity index is 1530. The minimum atomic E-state index is -4.13. The lowest BCUT2D eigenvalue weighted by Crippen LogP contribution is -2.23. The molecule has 0 aliphatic rings. The molecule has 0 radical (unpaired) electrons. The number of aromatic nitrogens is 3. The monoisotopic (exact) mass is 490 g/mol. The molecule has 178 valence electrons. The summed E-state index contributed by atoms with van der Waals surface area (Å²) < 4.78 is 62.2. The molecule has 0 aliphatic heterocycles. The molecule has 2 aromatic carbocycles. The molecular weight excluding hydrogens is 470 g/mol. The van der Waals surface area contributed by atoms with Gasteiger partial charge in [-0.3, -0.25) is 0 Å². The molecule has 12 heteroatoms. The quantitative estimate of drug-likeness (QED) is 0.410. The highest BCUT2D eigenvalue weighted by Gasteiger charge is 2.28. The van der Waals surface area contributed by atoms with E-state index < -0.39 is 33.2 Å². The Labute approximate surface area is 193 Å². The minimum absolute atomic E-state index is 0.0522. The van der Waals surface area contributed by atoms with Crippen LogP contribution in [0, 0.1) is 6.92 Å². The number of aromatic amines is 1. The molecule has 0 saturated heterocycles. The molecule has 2 heterocycles. The van der Waals surface area contributed by atoms with Crippen LogP contribution < -0.4 is 4.74 Å². The average molecular weight is 490 g/mol. The second-order valence-corrected chi connectivity index (χ2v) is 9.73. The first-order valence-corrected chi connectivity index (χ1v) is 11.4. The van der Waals surface area contributed by atoms with Gasteiger partial charge in [-0.15, -0.1) is 0 Å². The second kappa shape index (κ2) is 8.61. The summed E-state index contributed by atoms with van der Waals surface area (Å²) in [6.07, 6.45) is 0. The van der Waals surface area contributed by atoms with E-state index in [0.717, 1.165) is 15.9 Å². The molecule has 0 saturated carbocycles. The first-order valence-electron chi connectivity index (χ1n) is 9.93. The summed E-state index contributed by atoms with van der Waals surface area (Å²) in [5, 5.41) is 0.696. The number of rotatable bonds is 6. The predicted molar refractivity (Wildman–Crippen MR) is 120 cm³/mol. The lowest BCUT2D eigenvalue weighted by molar-refractivity contribution is -0.0508. The number of halogens is 2. The van der Waals surface area contributed by atoms with Gasteiger partial charge in [0.15, 0.2) is 11.6 Å². The summed E-state index contributed by atoms with van der Waals surface area (Å²) in [4.78, 5) is 23.8. The Hall–Kier alpha value is -3.64. The Balaban J connectivity index is 2.01. The summed E-state index contributed by atoms with van der Waals surface area (Å²) in [7, 11) is -0.369. The number of hydrogen-bond donors (Lipinski definition) is 1. The van der Waals surface area contributed by atoms with Gasteiger partial charge in [0.05, 0.1) is 23.7 Å². The molecule has 1 N–H and O–H groups in total. The first kappa shape index (κ1) is 23.5. The van der Waals surface area contributed by atoms with Crippen LogP contribution in [0.4, 0.5) is 8.78 Å². The number of ether oxygens (including phenoxy) is 2. The van der Waals surface area contributed by atoms with E-state index in [1.54, 1.807) is 12.1 Å². The Kier molecular flexibility index (Phi) is 5.96. The van der Waals surface area contributed by atoms with E-state index in [0.29, 0.717) is 10.9 Å². The zero-order chi connectivity index (χ0) is 24.8. The fraction of sp³-hybridized carbons (Fsp3) is 0.227. The molecular formula is C22H20F2N4O5S. The third kappa shape index (κ3) is 4.05. The number of fused-ring (bicyclic) bond motifs is 2. The van der Waals surface area contributed by atoms with Crippen LogP contribution >= 0.6 is 0 Å². The van der Waals surface area contributed by atoms with Crippen LogP contribution in [0.15, 0.2) is 41.3 Å². The van der Waals surface area contributed by atoms with E-state index >= 15 is 0 Å². The number of esters is 1. The molecule has 0 atom stereocenters. The van der Waals surface area contributed by atoms with Crippen LogP contribution in [0.2, 0.25) is 0 Å². The smallest absolute Gasteiger partial charge is 0.387 e. The van der Waals surface area contributed by atoms with E-state index in [2.05, 4.69) is 19.7 Å². The summed E-state index contributed by atoms with van der Waals surface area (Å²) >= 11 is 0. The van der Waals surface area contributed by atoms with Crippen molar-refractivity contribution in [2.24, 2.45) is 0 Å². The number of carbonyl (C=O) groups is 1. The van der Waals surface area contributed by atoms with Gasteiger partial charge in [-0.1, -0.05) is 11.6 Å². The van der Waals surface area contributed by atoms with E-state index in [1.807, 2.05) is 19.1 Å². The summed E-state index contributed by atoms with van der Waals surface area (Å²) in [5.74, 6) is -1.23. The number of alkyl halides is 2. The van der Waals surface area contributed by atoms with E-state index in [-0.39, 0.29) is 28.1 Å². The van der Waals surface area contributed by atoms with E-state index in [9.17, 15) is 22.0 Å². The minimum Gasteiger partial charge on any atom is -0.465 e. The van der Waals surface area contributed by atoms with E-state index in [4.69, 9.17) is 4.74 Å². The van der Waals surface area contributed by atoms with Crippen molar-refractivity contribution in [2.75, 3.05) is 21.2 Å². The van der Waals surface area contributed by atoms with Gasteiger partial charge in [0.1, 0.15) is 16.1 Å². The Morgan fingerprint density at radius 3 is 2.50 bits per heavy atom. The van der Waals surface area contributed by atoms with Crippen molar-refractivity contribution in [3.63, 3.8) is 0 Å². The third-order valence-corrected chi connectivity index (χ3v) is 6.98. The van der Waals surface area contributed by atoms with Crippen LogP contribution in [0.5, 0.6) is 5.75 Å². The molecule has 4 rings (SSSR count). The number of methoxy groups -OCH3 is 1. The fourth-order valence-corrected chi connectivity index (χ4v) is 4.50. The molecule has 0 aliphatic carbocycles. The number of sulfonamides is 1. The number of carbonyl (C=O) groups excluding carboxylic acids is 1. The Morgan fingerprint density at radius 2 is 1.85 bits per heavy atom. The molecule has 2 aromatic heterocycles. The van der Waals surface area contributed by atoms with Gasteiger partial charge in [0.25, 0.3) is 0 Å². The highest BCUT2D eigenvalue weighted by atomic mass is 32.2. The lowest BCUT2D eigenvalue weighted by Gasteiger charge is -2.15. The van der Waals surface area contributed by atoms with Gasteiger partial charge in [-0.25, -0.2) is 27.5 Å². The van der Waals surface area contributed by atoms with Gasteiger partial charge >= 0.3 is 12.6 Å². The second-order valence-electron chi connectivity index (χ2n) is 7.61. The van der Waals surface area contributed by atoms with Gasteiger partial charge in [-0.2, -0.15) is 8.78 Å². The molecule has 0 fully saturated rings. The number of hydrogen-bond acceptors (Lipinski definition) is 7. The normalized spacial score (nSPS) is 12.1. The van der Waals surface area contributed by atoms with Gasteiger partial charge < -0.3 is 14.5 Å². The standard InChI is InChI=1S/C22H20F2N4O5S/c1-11-5-6-14-12(9-11)10-13(21(29)32-4)17(25-14)20-26-15-7-8-16(34(30,31)28(2)3)19(18(15)27-20)33-22(23)24/h5-10,22H,1-4H3,(H,26,27). The van der Waals surface area contributed by atoms with Gasteiger partial charge in [-0.05, 0) is 37.3 Å². The van der Waals surface area contributed by atoms with Crippen molar-refractivity contribution < 1.29 is 31.5 Å². The third-order valence-electron chi connectivity index (χ3n) is 5.14. The summed E-state index contributed by atoms with van der Waals surface area (Å²) in [6.45, 7) is -1.40. The molecule has 0 bridgehead atoms. The van der Waals surface area contributed by atoms with Crippen molar-refractivity contribution >= 4 is 37.9 Å². The van der Waals surface area contributed by atoms with E-state index in [1.165, 1.54) is 27.3 Å². The van der Waals surface area contributed by atoms with Crippen molar-refractivity contribution in [2.45, 2.75) is 18.4 Å². The number of pyridine rings is 1. The topological polar surface area (TPSA) is 114 Å². The zero-order valence-corrected chi connectivity index (χ0v) is 19.4. The average Bonchev–Trinajstić information content (AvgIpc) is 3.22. The summed E-state index contributed by atoms with van der Waals surface area (Å²) in [6, 6.07) is 9.60. The first-order chi connectivity index (χ1) is 16.0. The van der Waals surface area contributed by atoms with Crippen molar-refractivity contribution in [3.05, 3.63) is 47.5 Å².